The lowest BCUT2D eigenvalue weighted by Crippen LogP contribution is -2.52. The van der Waals surface area contributed by atoms with Crippen LogP contribution in [0.2, 0.25) is 0 Å². The Hall–Kier alpha value is -1.59. The Bertz CT molecular complexity index is 450. The topological polar surface area (TPSA) is 67.6 Å². The Morgan fingerprint density at radius 3 is 3.00 bits per heavy atom. The van der Waals surface area contributed by atoms with E-state index in [0.717, 1.165) is 11.3 Å². The van der Waals surface area contributed by atoms with Crippen molar-refractivity contribution in [3.05, 3.63) is 29.8 Å². The molecule has 3 N–H and O–H groups in total. The van der Waals surface area contributed by atoms with Crippen LogP contribution in [-0.4, -0.2) is 42.8 Å². The van der Waals surface area contributed by atoms with Gasteiger partial charge in [0.2, 0.25) is 0 Å². The van der Waals surface area contributed by atoms with Crippen LogP contribution in [0.4, 0.5) is 10.5 Å². The number of nitrogens with one attached hydrogen (secondary N) is 1. The van der Waals surface area contributed by atoms with Crippen molar-refractivity contribution in [2.24, 2.45) is 5.73 Å². The Kier molecular flexibility index (Phi) is 4.39. The number of aryl methyl sites for hydroxylation is 1. The van der Waals surface area contributed by atoms with Crippen LogP contribution in [0.25, 0.3) is 0 Å². The highest BCUT2D eigenvalue weighted by molar-refractivity contribution is 5.89. The van der Waals surface area contributed by atoms with Gasteiger partial charge in [0.25, 0.3) is 0 Å². The molecule has 104 valence electrons. The molecule has 0 radical (unpaired) electrons. The first-order valence-electron chi connectivity index (χ1n) is 6.56. The first-order valence-corrected chi connectivity index (χ1v) is 6.56. The van der Waals surface area contributed by atoms with Crippen LogP contribution in [0, 0.1) is 6.92 Å². The van der Waals surface area contributed by atoms with E-state index in [9.17, 15) is 4.79 Å². The minimum atomic E-state index is -0.0980. The van der Waals surface area contributed by atoms with Crippen molar-refractivity contribution in [1.82, 2.24) is 4.90 Å². The molecule has 2 rings (SSSR count). The number of hydrogen-bond acceptors (Lipinski definition) is 3. The molecule has 0 bridgehead atoms. The van der Waals surface area contributed by atoms with Gasteiger partial charge in [-0.25, -0.2) is 4.79 Å². The first-order chi connectivity index (χ1) is 9.08. The lowest BCUT2D eigenvalue weighted by Gasteiger charge is -2.36. The van der Waals surface area contributed by atoms with Crippen molar-refractivity contribution in [3.63, 3.8) is 0 Å². The number of anilines is 1. The van der Waals surface area contributed by atoms with E-state index in [4.69, 9.17) is 10.5 Å². The smallest absolute Gasteiger partial charge is 0.322 e. The summed E-state index contributed by atoms with van der Waals surface area (Å²) in [4.78, 5) is 14.0. The number of nitrogens with zero attached hydrogens (tertiary/aromatic N) is 1. The number of hydrogen-bond donors (Lipinski definition) is 2. The summed E-state index contributed by atoms with van der Waals surface area (Å²) in [6, 6.07) is 7.66. The SMILES string of the molecule is Cc1cccc(NC(=O)N2CC(C)OC(CN)C2)c1. The predicted molar refractivity (Wildman–Crippen MR) is 75.2 cm³/mol. The van der Waals surface area contributed by atoms with Gasteiger partial charge in [0.1, 0.15) is 0 Å². The fourth-order valence-corrected chi connectivity index (χ4v) is 2.27. The molecule has 1 aliphatic heterocycles. The van der Waals surface area contributed by atoms with Crippen LogP contribution < -0.4 is 11.1 Å². The maximum absolute atomic E-state index is 12.2. The van der Waals surface area contributed by atoms with Crippen molar-refractivity contribution in [3.8, 4) is 0 Å². The molecule has 2 unspecified atom stereocenters. The number of carbonyl (C=O) groups is 1. The van der Waals surface area contributed by atoms with E-state index in [1.807, 2.05) is 38.1 Å². The number of rotatable bonds is 2. The molecule has 5 heteroatoms. The zero-order chi connectivity index (χ0) is 13.8. The van der Waals surface area contributed by atoms with Gasteiger partial charge in [0.15, 0.2) is 0 Å². The lowest BCUT2D eigenvalue weighted by molar-refractivity contribution is -0.0573. The molecule has 1 aromatic carbocycles. The highest BCUT2D eigenvalue weighted by atomic mass is 16.5. The first kappa shape index (κ1) is 13.8. The maximum Gasteiger partial charge on any atom is 0.322 e. The fourth-order valence-electron chi connectivity index (χ4n) is 2.27. The summed E-state index contributed by atoms with van der Waals surface area (Å²) in [7, 11) is 0. The number of carbonyl (C=O) groups excluding carboxylic acids is 1. The molecule has 5 nitrogen and oxygen atoms in total. The summed E-state index contributed by atoms with van der Waals surface area (Å²) in [5.74, 6) is 0. The van der Waals surface area contributed by atoms with Gasteiger partial charge in [0.05, 0.1) is 12.2 Å². The van der Waals surface area contributed by atoms with Gasteiger partial charge in [-0.05, 0) is 31.5 Å². The molecule has 1 aromatic rings. The van der Waals surface area contributed by atoms with Crippen LogP contribution in [0.5, 0.6) is 0 Å². The summed E-state index contributed by atoms with van der Waals surface area (Å²) in [6.45, 7) is 5.51. The zero-order valence-corrected chi connectivity index (χ0v) is 11.4. The van der Waals surface area contributed by atoms with Gasteiger partial charge in [-0.3, -0.25) is 0 Å². The summed E-state index contributed by atoms with van der Waals surface area (Å²) in [5, 5.41) is 2.91. The second-order valence-electron chi connectivity index (χ2n) is 5.01. The van der Waals surface area contributed by atoms with Crippen molar-refractivity contribution < 1.29 is 9.53 Å². The molecule has 0 aromatic heterocycles. The monoisotopic (exact) mass is 263 g/mol. The third-order valence-electron chi connectivity index (χ3n) is 3.15. The van der Waals surface area contributed by atoms with E-state index in [1.165, 1.54) is 0 Å². The summed E-state index contributed by atoms with van der Waals surface area (Å²) < 4.78 is 5.64. The van der Waals surface area contributed by atoms with E-state index in [1.54, 1.807) is 4.90 Å². The normalized spacial score (nSPS) is 23.2. The second-order valence-corrected chi connectivity index (χ2v) is 5.01. The summed E-state index contributed by atoms with van der Waals surface area (Å²) in [6.07, 6.45) is -0.0578. The zero-order valence-electron chi connectivity index (χ0n) is 11.4. The minimum absolute atomic E-state index is 0.0190. The van der Waals surface area contributed by atoms with Crippen LogP contribution in [-0.2, 0) is 4.74 Å². The Morgan fingerprint density at radius 2 is 2.32 bits per heavy atom. The molecule has 1 heterocycles. The molecule has 19 heavy (non-hydrogen) atoms. The Balaban J connectivity index is 1.99. The van der Waals surface area contributed by atoms with Crippen LogP contribution in [0.1, 0.15) is 12.5 Å². The molecule has 1 saturated heterocycles. The van der Waals surface area contributed by atoms with Gasteiger partial charge < -0.3 is 20.7 Å². The molecule has 0 spiro atoms. The van der Waals surface area contributed by atoms with Crippen molar-refractivity contribution in [2.75, 3.05) is 25.0 Å². The number of amides is 2. The molecule has 1 fully saturated rings. The molecule has 0 saturated carbocycles. The minimum Gasteiger partial charge on any atom is -0.370 e. The highest BCUT2D eigenvalue weighted by Gasteiger charge is 2.27. The van der Waals surface area contributed by atoms with E-state index >= 15 is 0 Å². The predicted octanol–water partition coefficient (Wildman–Crippen LogP) is 1.57. The van der Waals surface area contributed by atoms with Crippen molar-refractivity contribution >= 4 is 11.7 Å². The van der Waals surface area contributed by atoms with Crippen LogP contribution in [0.15, 0.2) is 24.3 Å². The number of nitrogens with two attached hydrogens (primary N) is 1. The lowest BCUT2D eigenvalue weighted by atomic mass is 10.2. The largest absolute Gasteiger partial charge is 0.370 e. The third-order valence-corrected chi connectivity index (χ3v) is 3.15. The maximum atomic E-state index is 12.2. The van der Waals surface area contributed by atoms with E-state index in [0.29, 0.717) is 19.6 Å². The fraction of sp³-hybridized carbons (Fsp3) is 0.500. The van der Waals surface area contributed by atoms with Crippen LogP contribution >= 0.6 is 0 Å². The number of benzene rings is 1. The van der Waals surface area contributed by atoms with Gasteiger partial charge in [0, 0.05) is 25.3 Å². The highest BCUT2D eigenvalue weighted by Crippen LogP contribution is 2.14. The molecular formula is C14H21N3O2. The van der Waals surface area contributed by atoms with E-state index in [-0.39, 0.29) is 18.2 Å². The van der Waals surface area contributed by atoms with Gasteiger partial charge in [-0.1, -0.05) is 12.1 Å². The van der Waals surface area contributed by atoms with Crippen LogP contribution in [0.3, 0.4) is 0 Å². The standard InChI is InChI=1S/C14H21N3O2/c1-10-4-3-5-12(6-10)16-14(18)17-8-11(2)19-13(7-15)9-17/h3-6,11,13H,7-9,15H2,1-2H3,(H,16,18). The molecule has 2 atom stereocenters. The van der Waals surface area contributed by atoms with Crippen molar-refractivity contribution in [2.45, 2.75) is 26.1 Å². The molecule has 2 amide bonds. The number of ether oxygens (including phenoxy) is 1. The average molecular weight is 263 g/mol. The van der Waals surface area contributed by atoms with Gasteiger partial charge in [-0.2, -0.15) is 0 Å². The van der Waals surface area contributed by atoms with E-state index in [2.05, 4.69) is 5.32 Å². The second kappa shape index (κ2) is 6.04. The summed E-state index contributed by atoms with van der Waals surface area (Å²) >= 11 is 0. The number of urea groups is 1. The molecular weight excluding hydrogens is 242 g/mol. The van der Waals surface area contributed by atoms with Crippen molar-refractivity contribution in [1.29, 1.82) is 0 Å². The summed E-state index contributed by atoms with van der Waals surface area (Å²) in [5.41, 5.74) is 7.55. The quantitative estimate of drug-likeness (QED) is 0.851. The average Bonchev–Trinajstić information content (AvgIpc) is 2.38. The third kappa shape index (κ3) is 3.68. The number of morpholine rings is 1. The van der Waals surface area contributed by atoms with Gasteiger partial charge >= 0.3 is 6.03 Å². The molecule has 0 aliphatic carbocycles. The Labute approximate surface area is 113 Å². The van der Waals surface area contributed by atoms with Gasteiger partial charge in [-0.15, -0.1) is 0 Å². The molecule has 1 aliphatic rings. The van der Waals surface area contributed by atoms with E-state index < -0.39 is 0 Å². The Morgan fingerprint density at radius 1 is 1.53 bits per heavy atom.